The fourth-order valence-corrected chi connectivity index (χ4v) is 6.88. The minimum absolute atomic E-state index is 0.0146. The first kappa shape index (κ1) is 20.7. The van der Waals surface area contributed by atoms with Crippen molar-refractivity contribution >= 4 is 12.0 Å². The van der Waals surface area contributed by atoms with Gasteiger partial charge in [-0.05, 0) is 106 Å². The number of hydrogen-bond donors (Lipinski definition) is 3. The van der Waals surface area contributed by atoms with Crippen LogP contribution in [0, 0.1) is 23.7 Å². The van der Waals surface area contributed by atoms with Crippen LogP contribution in [0.4, 0.5) is 4.79 Å². The highest BCUT2D eigenvalue weighted by Crippen LogP contribution is 2.52. The standard InChI is InChI=1S/C25H34N2O4/c28-24(29)17-2-6-20(7-3-17)31-21-8-4-19(5-9-21)26-25(30)27-23-14-16-11-15-1-10-22(23)18(12-15)13-16/h2-3,6-7,15-16,18-19,21-23H,1,4-5,8-14H2,(H,28,29)(H2,26,27,30). The van der Waals surface area contributed by atoms with Crippen LogP contribution in [0.25, 0.3) is 0 Å². The third-order valence-electron chi connectivity index (χ3n) is 8.29. The highest BCUT2D eigenvalue weighted by atomic mass is 16.5. The molecule has 0 spiro atoms. The number of carboxylic acid groups (broad SMARTS) is 1. The second-order valence-electron chi connectivity index (χ2n) is 10.3. The van der Waals surface area contributed by atoms with Crippen molar-refractivity contribution in [3.05, 3.63) is 29.8 Å². The largest absolute Gasteiger partial charge is 0.490 e. The summed E-state index contributed by atoms with van der Waals surface area (Å²) in [5.74, 6) is 3.09. The average molecular weight is 427 g/mol. The highest BCUT2D eigenvalue weighted by molar-refractivity contribution is 5.87. The van der Waals surface area contributed by atoms with E-state index in [4.69, 9.17) is 9.84 Å². The molecule has 168 valence electrons. The summed E-state index contributed by atoms with van der Waals surface area (Å²) in [4.78, 5) is 23.7. The molecule has 5 rings (SSSR count). The van der Waals surface area contributed by atoms with Crippen molar-refractivity contribution in [2.75, 3.05) is 0 Å². The van der Waals surface area contributed by atoms with Crippen LogP contribution in [0.5, 0.6) is 5.75 Å². The van der Waals surface area contributed by atoms with E-state index >= 15 is 0 Å². The zero-order chi connectivity index (χ0) is 21.4. The Bertz CT molecular complexity index is 796. The Morgan fingerprint density at radius 2 is 1.58 bits per heavy atom. The van der Waals surface area contributed by atoms with Gasteiger partial charge in [0, 0.05) is 12.1 Å². The van der Waals surface area contributed by atoms with E-state index in [0.29, 0.717) is 17.7 Å². The SMILES string of the molecule is O=C(NC1CCC(Oc2ccc(C(=O)O)cc2)CC1)NC1CC2CC3CCC1C(C3)C2. The van der Waals surface area contributed by atoms with Crippen LogP contribution in [0.1, 0.15) is 74.6 Å². The van der Waals surface area contributed by atoms with Gasteiger partial charge in [-0.2, -0.15) is 0 Å². The number of urea groups is 1. The number of nitrogens with one attached hydrogen (secondary N) is 2. The summed E-state index contributed by atoms with van der Waals surface area (Å²) in [5, 5.41) is 15.6. The predicted octanol–water partition coefficient (Wildman–Crippen LogP) is 4.59. The number of benzene rings is 1. The number of fused-ring (bicyclic) bond motifs is 2. The first-order valence-corrected chi connectivity index (χ1v) is 12.1. The number of amides is 2. The van der Waals surface area contributed by atoms with Gasteiger partial charge >= 0.3 is 12.0 Å². The molecule has 2 amide bonds. The molecule has 1 aromatic rings. The van der Waals surface area contributed by atoms with Crippen LogP contribution >= 0.6 is 0 Å². The van der Waals surface area contributed by atoms with E-state index in [0.717, 1.165) is 43.4 Å². The van der Waals surface area contributed by atoms with Gasteiger partial charge < -0.3 is 20.5 Å². The molecule has 5 unspecified atom stereocenters. The summed E-state index contributed by atoms with van der Waals surface area (Å²) in [6, 6.07) is 7.15. The van der Waals surface area contributed by atoms with Crippen molar-refractivity contribution in [2.45, 2.75) is 82.4 Å². The first-order valence-electron chi connectivity index (χ1n) is 12.1. The lowest BCUT2D eigenvalue weighted by molar-refractivity contribution is 0.00966. The molecule has 5 atom stereocenters. The Kier molecular flexibility index (Phi) is 5.81. The van der Waals surface area contributed by atoms with E-state index < -0.39 is 5.97 Å². The van der Waals surface area contributed by atoms with Gasteiger partial charge in [0.15, 0.2) is 0 Å². The molecule has 0 saturated heterocycles. The molecule has 0 aliphatic heterocycles. The van der Waals surface area contributed by atoms with Crippen LogP contribution in [0.15, 0.2) is 24.3 Å². The lowest BCUT2D eigenvalue weighted by Gasteiger charge is -2.52. The van der Waals surface area contributed by atoms with E-state index in [9.17, 15) is 9.59 Å². The maximum absolute atomic E-state index is 12.7. The molecular weight excluding hydrogens is 392 g/mol. The Balaban J connectivity index is 1.07. The molecule has 0 aromatic heterocycles. The molecule has 4 aliphatic carbocycles. The topological polar surface area (TPSA) is 87.7 Å². The number of ether oxygens (including phenoxy) is 1. The summed E-state index contributed by atoms with van der Waals surface area (Å²) < 4.78 is 6.02. The van der Waals surface area contributed by atoms with Crippen LogP contribution < -0.4 is 15.4 Å². The van der Waals surface area contributed by atoms with E-state index in [1.165, 1.54) is 38.5 Å². The molecule has 3 N–H and O–H groups in total. The summed E-state index contributed by atoms with van der Waals surface area (Å²) in [6.07, 6.45) is 11.7. The third-order valence-corrected chi connectivity index (χ3v) is 8.29. The molecular formula is C25H34N2O4. The second-order valence-corrected chi connectivity index (χ2v) is 10.3. The normalized spacial score (nSPS) is 36.5. The predicted molar refractivity (Wildman–Crippen MR) is 117 cm³/mol. The summed E-state index contributed by atoms with van der Waals surface area (Å²) in [5.41, 5.74) is 0.265. The average Bonchev–Trinajstić information content (AvgIpc) is 2.74. The Labute approximate surface area is 184 Å². The molecule has 6 heteroatoms. The van der Waals surface area contributed by atoms with Crippen molar-refractivity contribution in [3.8, 4) is 5.75 Å². The quantitative estimate of drug-likeness (QED) is 0.643. The Morgan fingerprint density at radius 1 is 0.839 bits per heavy atom. The zero-order valence-electron chi connectivity index (χ0n) is 18.1. The maximum Gasteiger partial charge on any atom is 0.335 e. The Morgan fingerprint density at radius 3 is 2.32 bits per heavy atom. The number of aromatic carboxylic acids is 1. The first-order chi connectivity index (χ1) is 15.0. The minimum Gasteiger partial charge on any atom is -0.490 e. The monoisotopic (exact) mass is 426 g/mol. The van der Waals surface area contributed by atoms with Crippen molar-refractivity contribution in [2.24, 2.45) is 23.7 Å². The number of carboxylic acids is 1. The molecule has 3 bridgehead atoms. The molecule has 4 aliphatic rings. The summed E-state index contributed by atoms with van der Waals surface area (Å²) in [6.45, 7) is 0. The lowest BCUT2D eigenvalue weighted by atomic mass is 9.56. The van der Waals surface area contributed by atoms with Crippen LogP contribution in [-0.4, -0.2) is 35.3 Å². The van der Waals surface area contributed by atoms with Crippen molar-refractivity contribution in [1.82, 2.24) is 10.6 Å². The van der Waals surface area contributed by atoms with Gasteiger partial charge in [0.1, 0.15) is 5.75 Å². The molecule has 31 heavy (non-hydrogen) atoms. The molecule has 0 heterocycles. The second kappa shape index (κ2) is 8.71. The zero-order valence-corrected chi connectivity index (χ0v) is 18.1. The molecule has 4 saturated carbocycles. The van der Waals surface area contributed by atoms with E-state index in [2.05, 4.69) is 10.6 Å². The Hall–Kier alpha value is -2.24. The maximum atomic E-state index is 12.7. The van der Waals surface area contributed by atoms with Crippen LogP contribution in [0.3, 0.4) is 0 Å². The summed E-state index contributed by atoms with van der Waals surface area (Å²) >= 11 is 0. The highest BCUT2D eigenvalue weighted by Gasteiger charge is 2.46. The van der Waals surface area contributed by atoms with Gasteiger partial charge in [-0.1, -0.05) is 6.42 Å². The number of carbonyl (C=O) groups is 2. The third kappa shape index (κ3) is 4.68. The van der Waals surface area contributed by atoms with E-state index in [1.54, 1.807) is 24.3 Å². The minimum atomic E-state index is -0.930. The fraction of sp³-hybridized carbons (Fsp3) is 0.680. The van der Waals surface area contributed by atoms with Gasteiger partial charge in [-0.15, -0.1) is 0 Å². The van der Waals surface area contributed by atoms with Gasteiger partial charge in [0.05, 0.1) is 11.7 Å². The van der Waals surface area contributed by atoms with Gasteiger partial charge in [-0.25, -0.2) is 9.59 Å². The van der Waals surface area contributed by atoms with E-state index in [1.807, 2.05) is 0 Å². The summed E-state index contributed by atoms with van der Waals surface area (Å²) in [7, 11) is 0. The number of rotatable bonds is 5. The van der Waals surface area contributed by atoms with Crippen molar-refractivity contribution in [1.29, 1.82) is 0 Å². The molecule has 1 aromatic carbocycles. The van der Waals surface area contributed by atoms with E-state index in [-0.39, 0.29) is 23.7 Å². The molecule has 6 nitrogen and oxygen atoms in total. The lowest BCUT2D eigenvalue weighted by Crippen LogP contribution is -2.55. The van der Waals surface area contributed by atoms with Crippen molar-refractivity contribution < 1.29 is 19.4 Å². The number of hydrogen-bond acceptors (Lipinski definition) is 3. The van der Waals surface area contributed by atoms with Crippen LogP contribution in [-0.2, 0) is 0 Å². The smallest absolute Gasteiger partial charge is 0.335 e. The van der Waals surface area contributed by atoms with Gasteiger partial charge in [0.25, 0.3) is 0 Å². The van der Waals surface area contributed by atoms with Crippen molar-refractivity contribution in [3.63, 3.8) is 0 Å². The van der Waals surface area contributed by atoms with Gasteiger partial charge in [0.2, 0.25) is 0 Å². The van der Waals surface area contributed by atoms with Crippen LogP contribution in [0.2, 0.25) is 0 Å². The fourth-order valence-electron chi connectivity index (χ4n) is 6.88. The van der Waals surface area contributed by atoms with Gasteiger partial charge in [-0.3, -0.25) is 0 Å². The molecule has 0 radical (unpaired) electrons. The molecule has 4 fully saturated rings. The number of carbonyl (C=O) groups excluding carboxylic acids is 1.